The molecular weight excluding hydrogens is 968 g/mol. The molecule has 0 unspecified atom stereocenters. The Kier molecular flexibility index (Phi) is 13.9. The highest BCUT2D eigenvalue weighted by atomic mass is 19.4. The fourth-order valence-electron chi connectivity index (χ4n) is 10.5. The Bertz CT molecular complexity index is 3000. The molecule has 4 aliphatic rings. The minimum absolute atomic E-state index is 0.0356. The molecule has 0 radical (unpaired) electrons. The number of nitrogens with zero attached hydrogens (tertiary/aromatic N) is 8. The van der Waals surface area contributed by atoms with Crippen LogP contribution in [0.4, 0.5) is 44.1 Å². The molecule has 3 aromatic carbocycles. The number of morpholine rings is 1. The van der Waals surface area contributed by atoms with Crippen molar-refractivity contribution in [2.45, 2.75) is 89.9 Å². The Morgan fingerprint density at radius 3 is 2.20 bits per heavy atom. The van der Waals surface area contributed by atoms with Crippen LogP contribution in [0, 0.1) is 18.6 Å². The lowest BCUT2D eigenvalue weighted by atomic mass is 9.94. The number of hydrogen-bond donors (Lipinski definition) is 0. The van der Waals surface area contributed by atoms with Crippen LogP contribution in [0.5, 0.6) is 23.4 Å². The molecule has 10 rings (SSSR count). The zero-order valence-corrected chi connectivity index (χ0v) is 42.0. The van der Waals surface area contributed by atoms with E-state index >= 15 is 22.0 Å². The van der Waals surface area contributed by atoms with Gasteiger partial charge in [0, 0.05) is 50.0 Å². The molecule has 15 nitrogen and oxygen atoms in total. The maximum Gasteiger partial charge on any atom is 0.417 e. The van der Waals surface area contributed by atoms with Crippen LogP contribution >= 0.6 is 0 Å². The van der Waals surface area contributed by atoms with Gasteiger partial charge in [-0.1, -0.05) is 30.3 Å². The van der Waals surface area contributed by atoms with E-state index in [0.717, 1.165) is 18.9 Å². The van der Waals surface area contributed by atoms with Crippen molar-refractivity contribution in [3.63, 3.8) is 0 Å². The summed E-state index contributed by atoms with van der Waals surface area (Å²) in [7, 11) is 3.05. The second-order valence-electron chi connectivity index (χ2n) is 19.9. The lowest BCUT2D eigenvalue weighted by Crippen LogP contribution is -2.46. The Hall–Kier alpha value is -7.06. The number of carbonyl (C=O) groups is 1. The fourth-order valence-corrected chi connectivity index (χ4v) is 10.5. The highest BCUT2D eigenvalue weighted by Gasteiger charge is 2.43. The van der Waals surface area contributed by atoms with Gasteiger partial charge in [-0.15, -0.1) is 0 Å². The molecule has 20 heteroatoms. The number of pyridine rings is 2. The molecule has 4 aliphatic heterocycles. The number of rotatable bonds is 12. The molecule has 1 amide bonds. The number of amides is 1. The third kappa shape index (κ3) is 10.0. The van der Waals surface area contributed by atoms with E-state index in [4.69, 9.17) is 33.4 Å². The molecule has 6 aromatic rings. The van der Waals surface area contributed by atoms with Crippen molar-refractivity contribution >= 4 is 34.3 Å². The molecule has 0 N–H and O–H groups in total. The summed E-state index contributed by atoms with van der Waals surface area (Å²) < 4.78 is 118. The standard InChI is InChI=1S/C54H57F5N8O7/c1-31-26-40(64(27-32-9-15-36(69-5)16-10-32)28-33-11-17-37(70-6)18-12-33)44(55)41(43(31)54(57,58)59)46-45(56)47-42-49(63-51(62-47)73-30-35-14-13-34-29-71-24-22-65(34)35)66(23-25-72-50(42)61-46)39-19-21-67(52(68)74-53(2,3)4)48-38(39)8-7-20-60-48/h7-12,15-18,20,26,34-35,39H,13-14,19,21-25,27-30H2,1-6H3/t34-,35-,39+/m0/s1. The number of benzene rings is 3. The number of halogens is 5. The van der Waals surface area contributed by atoms with E-state index in [2.05, 4.69) is 19.9 Å². The highest BCUT2D eigenvalue weighted by molar-refractivity contribution is 5.98. The van der Waals surface area contributed by atoms with Crippen LogP contribution in [0.3, 0.4) is 0 Å². The van der Waals surface area contributed by atoms with Gasteiger partial charge >= 0.3 is 18.3 Å². The van der Waals surface area contributed by atoms with Gasteiger partial charge in [0.05, 0.1) is 56.8 Å². The van der Waals surface area contributed by atoms with Gasteiger partial charge < -0.3 is 38.2 Å². The Morgan fingerprint density at radius 1 is 0.838 bits per heavy atom. The van der Waals surface area contributed by atoms with Crippen LogP contribution in [0.25, 0.3) is 22.2 Å². The second-order valence-corrected chi connectivity index (χ2v) is 19.9. The fraction of sp³-hybridized carbons (Fsp3) is 0.426. The molecule has 0 spiro atoms. The third-order valence-corrected chi connectivity index (χ3v) is 14.0. The average molecular weight is 1030 g/mol. The number of aromatic nitrogens is 4. The molecular formula is C54H57F5N8O7. The van der Waals surface area contributed by atoms with Gasteiger partial charge in [0.15, 0.2) is 11.6 Å². The molecule has 0 saturated carbocycles. The lowest BCUT2D eigenvalue weighted by Gasteiger charge is -2.39. The van der Waals surface area contributed by atoms with Gasteiger partial charge in [0.1, 0.15) is 58.5 Å². The first-order chi connectivity index (χ1) is 35.5. The molecule has 2 fully saturated rings. The third-order valence-electron chi connectivity index (χ3n) is 14.0. The molecule has 390 valence electrons. The van der Waals surface area contributed by atoms with Gasteiger partial charge in [0.25, 0.3) is 0 Å². The predicted octanol–water partition coefficient (Wildman–Crippen LogP) is 10.2. The number of methoxy groups -OCH3 is 2. The summed E-state index contributed by atoms with van der Waals surface area (Å²) in [5, 5.41) is -0.0484. The number of carbonyl (C=O) groups excluding carboxylic acids is 1. The zero-order valence-electron chi connectivity index (χ0n) is 42.0. The van der Waals surface area contributed by atoms with Crippen LogP contribution < -0.4 is 33.6 Å². The quantitative estimate of drug-likeness (QED) is 0.108. The smallest absolute Gasteiger partial charge is 0.417 e. The Labute approximate surface area is 425 Å². The molecule has 3 aromatic heterocycles. The number of ether oxygens (including phenoxy) is 6. The van der Waals surface area contributed by atoms with E-state index in [1.165, 1.54) is 26.0 Å². The largest absolute Gasteiger partial charge is 0.497 e. The summed E-state index contributed by atoms with van der Waals surface area (Å²) in [6.45, 7) is 8.76. The first-order valence-corrected chi connectivity index (χ1v) is 24.6. The van der Waals surface area contributed by atoms with Gasteiger partial charge in [0.2, 0.25) is 5.88 Å². The van der Waals surface area contributed by atoms with Crippen LogP contribution in [0.1, 0.15) is 73.9 Å². The minimum atomic E-state index is -5.18. The minimum Gasteiger partial charge on any atom is -0.497 e. The molecule has 0 aliphatic carbocycles. The summed E-state index contributed by atoms with van der Waals surface area (Å²) in [5.41, 5.74) is -3.31. The van der Waals surface area contributed by atoms with Crippen molar-refractivity contribution in [2.24, 2.45) is 0 Å². The summed E-state index contributed by atoms with van der Waals surface area (Å²) >= 11 is 0. The topological polar surface area (TPSA) is 137 Å². The van der Waals surface area contributed by atoms with E-state index < -0.39 is 57.9 Å². The van der Waals surface area contributed by atoms with Crippen LogP contribution in [0.15, 0.2) is 72.9 Å². The van der Waals surface area contributed by atoms with Crippen molar-refractivity contribution in [2.75, 3.05) is 75.0 Å². The van der Waals surface area contributed by atoms with Gasteiger partial charge in [-0.05, 0) is 100 Å². The maximum absolute atomic E-state index is 18.1. The van der Waals surface area contributed by atoms with Crippen molar-refractivity contribution < 1.29 is 55.2 Å². The average Bonchev–Trinajstić information content (AvgIpc) is 3.71. The summed E-state index contributed by atoms with van der Waals surface area (Å²) in [6, 6.07) is 18.1. The van der Waals surface area contributed by atoms with Gasteiger partial charge in [-0.2, -0.15) is 23.1 Å². The molecule has 7 heterocycles. The van der Waals surface area contributed by atoms with E-state index in [9.17, 15) is 4.79 Å². The molecule has 2 saturated heterocycles. The summed E-state index contributed by atoms with van der Waals surface area (Å²) in [4.78, 5) is 39.4. The normalized spacial score (nSPS) is 18.8. The number of hydrogen-bond acceptors (Lipinski definition) is 14. The van der Waals surface area contributed by atoms with E-state index in [0.29, 0.717) is 60.2 Å². The number of aryl methyl sites for hydroxylation is 1. The molecule has 74 heavy (non-hydrogen) atoms. The molecule has 0 bridgehead atoms. The van der Waals surface area contributed by atoms with E-state index in [1.54, 1.807) is 86.5 Å². The van der Waals surface area contributed by atoms with Crippen molar-refractivity contribution in [3.8, 4) is 34.6 Å². The lowest BCUT2D eigenvalue weighted by molar-refractivity contribution is -0.137. The Balaban J connectivity index is 1.13. The predicted molar refractivity (Wildman–Crippen MR) is 266 cm³/mol. The maximum atomic E-state index is 18.1. The first-order valence-electron chi connectivity index (χ1n) is 24.6. The first kappa shape index (κ1) is 50.5. The Morgan fingerprint density at radius 2 is 1.54 bits per heavy atom. The number of anilines is 3. The number of fused-ring (bicyclic) bond motifs is 2. The van der Waals surface area contributed by atoms with E-state index in [-0.39, 0.29) is 85.8 Å². The summed E-state index contributed by atoms with van der Waals surface area (Å²) in [5.74, 6) is -1.36. The van der Waals surface area contributed by atoms with Crippen LogP contribution in [-0.4, -0.2) is 109 Å². The second kappa shape index (κ2) is 20.3. The number of alkyl halides is 3. The van der Waals surface area contributed by atoms with Crippen LogP contribution in [0.2, 0.25) is 0 Å². The van der Waals surface area contributed by atoms with Gasteiger partial charge in [-0.3, -0.25) is 9.80 Å². The highest BCUT2D eigenvalue weighted by Crippen LogP contribution is 2.49. The van der Waals surface area contributed by atoms with E-state index in [1.807, 2.05) is 11.0 Å². The van der Waals surface area contributed by atoms with Crippen molar-refractivity contribution in [3.05, 3.63) is 112 Å². The SMILES string of the molecule is COc1ccc(CN(Cc2ccc(OC)cc2)c2cc(C)c(C(F)(F)F)c(-c3nc4c5c(nc(OC[C@@H]6CC[C@H]7COCCN76)nc5c3F)N([C@@H]3CCN(C(=O)OC(C)(C)C)c5ncccc53)CCO4)c2F)cc1. The van der Waals surface area contributed by atoms with Crippen LogP contribution in [-0.2, 0) is 28.7 Å². The zero-order chi connectivity index (χ0) is 52.1. The van der Waals surface area contributed by atoms with Gasteiger partial charge in [-0.25, -0.2) is 23.5 Å². The van der Waals surface area contributed by atoms with Crippen molar-refractivity contribution in [1.82, 2.24) is 24.8 Å². The molecule has 3 atom stereocenters. The van der Waals surface area contributed by atoms with Crippen molar-refractivity contribution in [1.29, 1.82) is 0 Å². The monoisotopic (exact) mass is 1020 g/mol. The summed E-state index contributed by atoms with van der Waals surface area (Å²) in [6.07, 6.45) is -2.18.